The van der Waals surface area contributed by atoms with Gasteiger partial charge in [-0.15, -0.1) is 0 Å². The lowest BCUT2D eigenvalue weighted by Gasteiger charge is -2.47. The van der Waals surface area contributed by atoms with Crippen molar-refractivity contribution in [1.29, 1.82) is 0 Å². The number of nitrogens with zero attached hydrogens (tertiary/aromatic N) is 1. The molecule has 6 nitrogen and oxygen atoms in total. The minimum Gasteiger partial charge on any atom is -0.458 e. The molecule has 4 fully saturated rings. The Morgan fingerprint density at radius 2 is 1.21 bits per heavy atom. The first kappa shape index (κ1) is 25.4. The molecule has 6 heteroatoms. The largest absolute Gasteiger partial charge is 0.510 e. The average molecular weight is 519 g/mol. The Bertz CT molecular complexity index is 1050. The Morgan fingerprint density at radius 3 is 1.76 bits per heavy atom. The van der Waals surface area contributed by atoms with Gasteiger partial charge in [-0.2, -0.15) is 0 Å². The summed E-state index contributed by atoms with van der Waals surface area (Å²) in [4.78, 5) is 27.6. The van der Waals surface area contributed by atoms with Gasteiger partial charge in [0.1, 0.15) is 12.2 Å². The second-order valence-corrected chi connectivity index (χ2v) is 11.8. The van der Waals surface area contributed by atoms with E-state index < -0.39 is 17.7 Å². The first-order valence-electron chi connectivity index (χ1n) is 14.7. The van der Waals surface area contributed by atoms with Crippen LogP contribution in [0.3, 0.4) is 0 Å². The van der Waals surface area contributed by atoms with Crippen molar-refractivity contribution in [3.63, 3.8) is 0 Å². The maximum Gasteiger partial charge on any atom is 0.510 e. The van der Waals surface area contributed by atoms with Crippen LogP contribution in [0, 0.1) is 0 Å². The van der Waals surface area contributed by atoms with Gasteiger partial charge in [0.15, 0.2) is 0 Å². The quantitative estimate of drug-likeness (QED) is 0.334. The molecule has 1 aliphatic carbocycles. The summed E-state index contributed by atoms with van der Waals surface area (Å²) in [6.07, 6.45) is 10.5. The second-order valence-electron chi connectivity index (χ2n) is 11.8. The Hall–Kier alpha value is -2.86. The average Bonchev–Trinajstić information content (AvgIpc) is 3.49. The number of hydrogen-bond donors (Lipinski definition) is 0. The van der Waals surface area contributed by atoms with Crippen LogP contribution in [0.1, 0.15) is 81.8 Å². The van der Waals surface area contributed by atoms with E-state index >= 15 is 0 Å². The highest BCUT2D eigenvalue weighted by molar-refractivity contribution is 5.88. The van der Waals surface area contributed by atoms with Crippen LogP contribution >= 0.6 is 0 Å². The SMILES string of the molecule is O=C(OC1CCCCC1)OC(C(=O)OC1CC2CCC(C1)[N+]21CCCC1)(c1ccccc1)c1ccccc1. The Labute approximate surface area is 225 Å². The first-order chi connectivity index (χ1) is 18.6. The van der Waals surface area contributed by atoms with Gasteiger partial charge < -0.3 is 18.7 Å². The number of rotatable bonds is 6. The zero-order valence-electron chi connectivity index (χ0n) is 22.3. The summed E-state index contributed by atoms with van der Waals surface area (Å²) >= 11 is 0. The van der Waals surface area contributed by atoms with Crippen LogP contribution < -0.4 is 0 Å². The summed E-state index contributed by atoms with van der Waals surface area (Å²) in [6.45, 7) is 2.54. The Balaban J connectivity index is 1.30. The predicted octanol–water partition coefficient (Wildman–Crippen LogP) is 6.26. The molecule has 4 aliphatic rings. The number of quaternary nitrogens is 1. The maximum absolute atomic E-state index is 14.3. The number of benzene rings is 2. The predicted molar refractivity (Wildman–Crippen MR) is 143 cm³/mol. The van der Waals surface area contributed by atoms with E-state index in [2.05, 4.69) is 0 Å². The molecule has 1 saturated carbocycles. The molecule has 2 atom stereocenters. The summed E-state index contributed by atoms with van der Waals surface area (Å²) in [5.74, 6) is -0.533. The van der Waals surface area contributed by atoms with E-state index in [4.69, 9.17) is 14.2 Å². The smallest absolute Gasteiger partial charge is 0.458 e. The van der Waals surface area contributed by atoms with Crippen molar-refractivity contribution in [3.05, 3.63) is 71.8 Å². The fourth-order valence-electron chi connectivity index (χ4n) is 7.92. The third-order valence-electron chi connectivity index (χ3n) is 9.73. The van der Waals surface area contributed by atoms with E-state index in [1.54, 1.807) is 0 Å². The van der Waals surface area contributed by atoms with Gasteiger partial charge in [0.2, 0.25) is 0 Å². The number of piperidine rings is 1. The van der Waals surface area contributed by atoms with Crippen molar-refractivity contribution in [2.75, 3.05) is 13.1 Å². The van der Waals surface area contributed by atoms with Crippen molar-refractivity contribution in [2.45, 2.75) is 101 Å². The van der Waals surface area contributed by atoms with Gasteiger partial charge in [0, 0.05) is 49.7 Å². The molecular formula is C32H40NO5+. The molecule has 3 heterocycles. The van der Waals surface area contributed by atoms with Gasteiger partial charge in [-0.25, -0.2) is 9.59 Å². The molecule has 0 radical (unpaired) electrons. The number of carbonyl (C=O) groups excluding carboxylic acids is 2. The highest BCUT2D eigenvalue weighted by Gasteiger charge is 2.57. The fraction of sp³-hybridized carbons (Fsp3) is 0.562. The zero-order chi connectivity index (χ0) is 26.0. The lowest BCUT2D eigenvalue weighted by Crippen LogP contribution is -2.60. The van der Waals surface area contributed by atoms with Gasteiger partial charge in [-0.1, -0.05) is 67.1 Å². The summed E-state index contributed by atoms with van der Waals surface area (Å²) in [5.41, 5.74) is -0.595. The van der Waals surface area contributed by atoms with Crippen LogP contribution in [-0.2, 0) is 24.6 Å². The summed E-state index contributed by atoms with van der Waals surface area (Å²) in [7, 11) is 0. The fourth-order valence-corrected chi connectivity index (χ4v) is 7.92. The van der Waals surface area contributed by atoms with Crippen LogP contribution in [0.15, 0.2) is 60.7 Å². The molecule has 2 aromatic carbocycles. The molecule has 3 saturated heterocycles. The van der Waals surface area contributed by atoms with Crippen LogP contribution in [0.25, 0.3) is 0 Å². The van der Waals surface area contributed by atoms with Gasteiger partial charge in [0.05, 0.1) is 25.2 Å². The summed E-state index contributed by atoms with van der Waals surface area (Å²) in [6, 6.07) is 19.7. The molecule has 202 valence electrons. The molecule has 1 spiro atoms. The molecule has 2 bridgehead atoms. The highest BCUT2D eigenvalue weighted by Crippen LogP contribution is 2.47. The number of ether oxygens (including phenoxy) is 3. The minimum absolute atomic E-state index is 0.172. The normalized spacial score (nSPS) is 26.7. The highest BCUT2D eigenvalue weighted by atomic mass is 16.7. The monoisotopic (exact) mass is 518 g/mol. The van der Waals surface area contributed by atoms with Gasteiger partial charge in [-0.3, -0.25) is 0 Å². The van der Waals surface area contributed by atoms with Crippen LogP contribution in [0.2, 0.25) is 0 Å². The number of hydrogen-bond acceptors (Lipinski definition) is 5. The summed E-state index contributed by atoms with van der Waals surface area (Å²) in [5, 5.41) is 0. The van der Waals surface area contributed by atoms with E-state index in [-0.39, 0.29) is 12.2 Å². The van der Waals surface area contributed by atoms with Crippen molar-refractivity contribution >= 4 is 12.1 Å². The van der Waals surface area contributed by atoms with Crippen molar-refractivity contribution < 1.29 is 28.3 Å². The van der Waals surface area contributed by atoms with Crippen LogP contribution in [0.5, 0.6) is 0 Å². The number of carbonyl (C=O) groups is 2. The van der Waals surface area contributed by atoms with Gasteiger partial charge in [0.25, 0.3) is 5.60 Å². The van der Waals surface area contributed by atoms with E-state index in [0.29, 0.717) is 23.2 Å². The molecule has 2 unspecified atom stereocenters. The molecule has 38 heavy (non-hydrogen) atoms. The molecule has 0 N–H and O–H groups in total. The number of esters is 1. The Kier molecular flexibility index (Phi) is 7.17. The minimum atomic E-state index is -1.73. The van der Waals surface area contributed by atoms with E-state index in [1.165, 1.54) is 43.3 Å². The van der Waals surface area contributed by atoms with Crippen molar-refractivity contribution in [3.8, 4) is 0 Å². The second kappa shape index (κ2) is 10.7. The first-order valence-corrected chi connectivity index (χ1v) is 14.7. The zero-order valence-corrected chi connectivity index (χ0v) is 22.3. The summed E-state index contributed by atoms with van der Waals surface area (Å²) < 4.78 is 19.5. The van der Waals surface area contributed by atoms with E-state index in [9.17, 15) is 9.59 Å². The van der Waals surface area contributed by atoms with Crippen LogP contribution in [0.4, 0.5) is 4.79 Å². The maximum atomic E-state index is 14.3. The molecule has 0 aromatic heterocycles. The van der Waals surface area contributed by atoms with Crippen LogP contribution in [-0.4, -0.2) is 54.0 Å². The Morgan fingerprint density at radius 1 is 0.658 bits per heavy atom. The molecule has 2 aromatic rings. The van der Waals surface area contributed by atoms with E-state index in [1.807, 2.05) is 60.7 Å². The molecule has 6 rings (SSSR count). The molecule has 3 aliphatic heterocycles. The third-order valence-corrected chi connectivity index (χ3v) is 9.73. The van der Waals surface area contributed by atoms with E-state index in [0.717, 1.165) is 44.9 Å². The van der Waals surface area contributed by atoms with Gasteiger partial charge >= 0.3 is 12.1 Å². The lowest BCUT2D eigenvalue weighted by molar-refractivity contribution is -0.956. The standard InChI is InChI=1S/C32H40NO5/c34-30(36-29-22-26-18-19-27(23-29)33(26)20-10-11-21-33)32(24-12-4-1-5-13-24,25-14-6-2-7-15-25)38-31(35)37-28-16-8-3-9-17-28/h1-2,4-7,12-15,26-29H,3,8-11,16-23H2/q+1. The third kappa shape index (κ3) is 4.61. The topological polar surface area (TPSA) is 61.8 Å². The van der Waals surface area contributed by atoms with Crippen molar-refractivity contribution in [2.24, 2.45) is 0 Å². The molecule has 0 amide bonds. The van der Waals surface area contributed by atoms with Crippen molar-refractivity contribution in [1.82, 2.24) is 0 Å². The lowest BCUT2D eigenvalue weighted by atomic mass is 9.85. The molecular weight excluding hydrogens is 478 g/mol. The van der Waals surface area contributed by atoms with Gasteiger partial charge in [-0.05, 0) is 25.7 Å².